The van der Waals surface area contributed by atoms with E-state index in [2.05, 4.69) is 26.6 Å². The van der Waals surface area contributed by atoms with E-state index in [-0.39, 0.29) is 141 Å². The second kappa shape index (κ2) is 25.6. The smallest absolute Gasteiger partial charge is 0.488 e. The second-order valence-electron chi connectivity index (χ2n) is 14.0. The van der Waals surface area contributed by atoms with Gasteiger partial charge in [0.1, 0.15) is 30.2 Å². The Balaban J connectivity index is 0.00000561. The molecule has 315 valence electrons. The number of fused-ring (bicyclic) bond motifs is 2. The van der Waals surface area contributed by atoms with Gasteiger partial charge < -0.3 is 69.5 Å². The number of aliphatic hydroxyl groups excluding tert-OH is 1. The van der Waals surface area contributed by atoms with E-state index in [9.17, 15) is 53.5 Å². The molecule has 0 saturated carbocycles. The third-order valence-electron chi connectivity index (χ3n) is 10.2. The van der Waals surface area contributed by atoms with E-state index >= 15 is 0 Å². The van der Waals surface area contributed by atoms with Crippen molar-refractivity contribution in [1.29, 1.82) is 0 Å². The van der Waals surface area contributed by atoms with Gasteiger partial charge in [0.25, 0.3) is 0 Å². The molecule has 1 aromatic rings. The molecule has 3 saturated heterocycles. The van der Waals surface area contributed by atoms with E-state index in [0.717, 1.165) is 0 Å². The molecular formula is C36H53BN8O11UY-2. The molecule has 3 fully saturated rings. The van der Waals surface area contributed by atoms with Crippen molar-refractivity contribution in [2.24, 2.45) is 5.73 Å². The minimum atomic E-state index is -1.74. The van der Waals surface area contributed by atoms with Gasteiger partial charge in [0.2, 0.25) is 41.4 Å². The standard InChI is InChI=1S/C35H50BN8O11.CH3.U.Y/c1-2-22-34(52)44-17-5-8-26(44)32(50)42-29(27(46)18-20-9-11-21(12-10-20)36(54)55)33(51)41-24(13-14-28(37)47)35(53)43-16-4-7-25(43)31(49)38-15-3-6-23(39-19-45)30(48)40-22;;;/h9-12,22-27,29,46,54-55H,2-8,13-18H2,1H3,(H2,37,47)(H,38,49)(H,39,45)(H,40,48)(H,41,51)(H,42,50);1H3;;/q2*-1;;. The Hall–Kier alpha value is -2.92. The molecule has 58 heavy (non-hydrogen) atoms. The fourth-order valence-electron chi connectivity index (χ4n) is 7.17. The third kappa shape index (κ3) is 14.4. The second-order valence-corrected chi connectivity index (χ2v) is 14.0. The Morgan fingerprint density at radius 1 is 0.879 bits per heavy atom. The molecule has 1 aromatic carbocycles. The monoisotopic (exact) mass is 1110 g/mol. The number of primary amides is 1. The zero-order valence-electron chi connectivity index (χ0n) is 32.8. The summed E-state index contributed by atoms with van der Waals surface area (Å²) in [6.45, 7) is 2.04. The maximum absolute atomic E-state index is 14.1. The summed E-state index contributed by atoms with van der Waals surface area (Å²) in [6, 6.07) is -1.51. The van der Waals surface area contributed by atoms with Crippen molar-refractivity contribution in [3.8, 4) is 0 Å². The van der Waals surface area contributed by atoms with E-state index < -0.39 is 90.8 Å². The van der Waals surface area contributed by atoms with Gasteiger partial charge in [-0.2, -0.15) is 6.41 Å². The van der Waals surface area contributed by atoms with Crippen LogP contribution in [0.1, 0.15) is 70.3 Å². The number of carbonyl (C=O) groups excluding carboxylic acids is 8. The summed E-state index contributed by atoms with van der Waals surface area (Å²) in [4.78, 5) is 108. The molecule has 3 heterocycles. The van der Waals surface area contributed by atoms with Crippen LogP contribution in [0, 0.1) is 38.5 Å². The largest absolute Gasteiger partial charge is 0.520 e. The molecule has 7 unspecified atom stereocenters. The molecule has 19 nitrogen and oxygen atoms in total. The van der Waals surface area contributed by atoms with Crippen molar-refractivity contribution >= 4 is 60.3 Å². The van der Waals surface area contributed by atoms with Crippen LogP contribution in [0.5, 0.6) is 0 Å². The Bertz CT molecular complexity index is 1600. The maximum Gasteiger partial charge on any atom is 0.488 e. The average molecular weight is 1110 g/mol. The number of nitrogens with two attached hydrogens (primary N) is 1. The number of carbonyl (C=O) groups is 7. The molecule has 7 atom stereocenters. The Morgan fingerprint density at radius 2 is 1.45 bits per heavy atom. The predicted molar refractivity (Wildman–Crippen MR) is 201 cm³/mol. The Morgan fingerprint density at radius 3 is 2.00 bits per heavy atom. The summed E-state index contributed by atoms with van der Waals surface area (Å²) in [5, 5.41) is 43.3. The molecule has 4 rings (SSSR count). The van der Waals surface area contributed by atoms with Crippen LogP contribution in [-0.4, -0.2) is 142 Å². The fraction of sp³-hybridized carbons (Fsp3) is 0.583. The molecule has 10 N–H and O–H groups in total. The summed E-state index contributed by atoms with van der Waals surface area (Å²) in [5.74, 6) is -4.96. The topological polar surface area (TPSA) is 290 Å². The van der Waals surface area contributed by atoms with Crippen molar-refractivity contribution in [3.05, 3.63) is 37.3 Å². The van der Waals surface area contributed by atoms with Gasteiger partial charge in [-0.05, 0) is 62.4 Å². The number of hydrogen-bond acceptors (Lipinski definition) is 11. The first-order valence-corrected chi connectivity index (χ1v) is 18.6. The van der Waals surface area contributed by atoms with E-state index in [4.69, 9.17) is 5.73 Å². The van der Waals surface area contributed by atoms with E-state index in [1.165, 1.54) is 40.5 Å². The summed E-state index contributed by atoms with van der Waals surface area (Å²) < 4.78 is 0. The maximum atomic E-state index is 14.1. The van der Waals surface area contributed by atoms with Crippen LogP contribution >= 0.6 is 0 Å². The molecule has 22 heteroatoms. The van der Waals surface area contributed by atoms with Gasteiger partial charge >= 0.3 is 7.12 Å². The number of benzene rings is 1. The number of nitrogens with zero attached hydrogens (tertiary/aromatic N) is 2. The minimum Gasteiger partial charge on any atom is -0.520 e. The first-order chi connectivity index (χ1) is 26.2. The van der Waals surface area contributed by atoms with Crippen LogP contribution in [0.4, 0.5) is 0 Å². The van der Waals surface area contributed by atoms with Crippen LogP contribution in [0.25, 0.3) is 0 Å². The Labute approximate surface area is 387 Å². The van der Waals surface area contributed by atoms with Crippen LogP contribution in [0.15, 0.2) is 24.3 Å². The van der Waals surface area contributed by atoms with Crippen LogP contribution < -0.4 is 37.8 Å². The van der Waals surface area contributed by atoms with E-state index in [0.29, 0.717) is 24.8 Å². The van der Waals surface area contributed by atoms with Crippen molar-refractivity contribution in [2.45, 2.75) is 113 Å². The molecule has 0 aromatic heterocycles. The molecular weight excluding hydrogens is 1060 g/mol. The number of amides is 8. The van der Waals surface area contributed by atoms with E-state index in [1.54, 1.807) is 6.92 Å². The molecule has 1 radical (unpaired) electrons. The molecule has 0 aliphatic carbocycles. The number of rotatable bonds is 10. The van der Waals surface area contributed by atoms with Gasteiger partial charge in [-0.3, -0.25) is 33.6 Å². The van der Waals surface area contributed by atoms with Gasteiger partial charge in [0, 0.05) is 96.3 Å². The van der Waals surface area contributed by atoms with Gasteiger partial charge in [-0.1, -0.05) is 31.2 Å². The van der Waals surface area contributed by atoms with Gasteiger partial charge in [-0.25, -0.2) is 0 Å². The first-order valence-electron chi connectivity index (χ1n) is 18.6. The van der Waals surface area contributed by atoms with E-state index in [1.807, 2.05) is 0 Å². The van der Waals surface area contributed by atoms with Crippen LogP contribution in [0.2, 0.25) is 0 Å². The molecule has 0 spiro atoms. The molecule has 0 bridgehead atoms. The van der Waals surface area contributed by atoms with Gasteiger partial charge in [0.05, 0.1) is 12.1 Å². The normalized spacial score (nSPS) is 25.3. The summed E-state index contributed by atoms with van der Waals surface area (Å²) in [6.07, 6.45) is 0.889. The number of aliphatic hydroxyl groups is 1. The first kappa shape index (κ1) is 53.1. The van der Waals surface area contributed by atoms with Crippen LogP contribution in [0.3, 0.4) is 0 Å². The summed E-state index contributed by atoms with van der Waals surface area (Å²) in [7, 11) is -1.74. The van der Waals surface area contributed by atoms with Crippen LogP contribution in [-0.2, 0) is 77.5 Å². The number of hydrogen-bond donors (Lipinski definition) is 9. The average Bonchev–Trinajstić information content (AvgIpc) is 3.86. The van der Waals surface area contributed by atoms with Crippen molar-refractivity contribution < 1.29 is 117 Å². The summed E-state index contributed by atoms with van der Waals surface area (Å²) in [5.41, 5.74) is 6.02. The zero-order chi connectivity index (χ0) is 40.2. The van der Waals surface area contributed by atoms with Crippen molar-refractivity contribution in [1.82, 2.24) is 36.4 Å². The predicted octanol–water partition coefficient (Wildman–Crippen LogP) is -4.24. The zero-order valence-corrected chi connectivity index (χ0v) is 39.8. The Kier molecular flexibility index (Phi) is 23.5. The van der Waals surface area contributed by atoms with Crippen molar-refractivity contribution in [3.63, 3.8) is 0 Å². The fourth-order valence-corrected chi connectivity index (χ4v) is 7.17. The quantitative estimate of drug-likeness (QED) is 0.0615. The van der Waals surface area contributed by atoms with Crippen molar-refractivity contribution in [2.75, 3.05) is 19.6 Å². The number of nitrogens with one attached hydrogen (secondary N) is 5. The molecule has 3 aliphatic heterocycles. The minimum absolute atomic E-state index is 0. The summed E-state index contributed by atoms with van der Waals surface area (Å²) >= 11 is 0. The van der Waals surface area contributed by atoms with Gasteiger partial charge in [0.15, 0.2) is 0 Å². The third-order valence-corrected chi connectivity index (χ3v) is 10.2. The molecule has 3 aliphatic rings. The molecule has 8 amide bonds. The SMILES string of the molecule is CCC1NC(=O)C(N[C-]=O)CCCNC(=O)C2CCCN2C(=O)C(CCC(N)=O)NC(=O)C(C(O)Cc2ccc(B(O)O)cc2)NC(=O)C2CCCN2C1=O.[CH3-].[U].[Y]. The van der Waals surface area contributed by atoms with Gasteiger partial charge in [-0.15, -0.1) is 0 Å².